The fraction of sp³-hybridized carbons (Fsp3) is 0. The molecule has 0 saturated heterocycles. The van der Waals surface area contributed by atoms with Gasteiger partial charge in [-0.05, 0) is 29.7 Å². The van der Waals surface area contributed by atoms with E-state index in [1.165, 1.54) is 12.1 Å². The minimum absolute atomic E-state index is 0.382. The lowest BCUT2D eigenvalue weighted by molar-refractivity contribution is 0.387. The van der Waals surface area contributed by atoms with Crippen molar-refractivity contribution in [2.45, 2.75) is 9.79 Å². The van der Waals surface area contributed by atoms with E-state index in [1.807, 2.05) is 0 Å². The van der Waals surface area contributed by atoms with Crippen LogP contribution >= 0.6 is 7.60 Å². The van der Waals surface area contributed by atoms with Crippen LogP contribution in [0, 0.1) is 0 Å². The van der Waals surface area contributed by atoms with Crippen LogP contribution in [0.4, 0.5) is 11.4 Å². The fourth-order valence-corrected chi connectivity index (χ4v) is 4.67. The minimum Gasteiger partial charge on any atom is -0.507 e. The van der Waals surface area contributed by atoms with E-state index in [0.717, 1.165) is 18.2 Å². The molecule has 3 rings (SSSR count). The summed E-state index contributed by atoms with van der Waals surface area (Å²) in [7, 11) is -14.7. The number of phenolic OH excluding ortho intramolecular Hbond substituents is 2. The standard InChI is InChI=1S/C16H13N2O11PS2/c19-11-7-9(31(24,25)26)5-8-6-13(32(27,28)29)15(16(20)14(8)11)18-17-10-3-1-2-4-12(10)30(21,22)23/h1-7,19-20H,(H2,21,22,23)(H,24,25,26)(H,27,28,29). The number of nitrogens with zero attached hydrogens (tertiary/aromatic N) is 2. The summed E-state index contributed by atoms with van der Waals surface area (Å²) >= 11 is 0. The zero-order valence-electron chi connectivity index (χ0n) is 15.4. The Hall–Kier alpha value is -2.91. The summed E-state index contributed by atoms with van der Waals surface area (Å²) in [5, 5.41) is 26.2. The average Bonchev–Trinajstić information content (AvgIpc) is 2.64. The van der Waals surface area contributed by atoms with Crippen LogP contribution in [0.15, 0.2) is 62.5 Å². The number of rotatable bonds is 5. The number of hydrogen-bond donors (Lipinski definition) is 6. The summed E-state index contributed by atoms with van der Waals surface area (Å²) in [5.74, 6) is -1.94. The Kier molecular flexibility index (Phi) is 5.86. The Morgan fingerprint density at radius 1 is 0.844 bits per heavy atom. The van der Waals surface area contributed by atoms with Crippen molar-refractivity contribution in [2.75, 3.05) is 0 Å². The number of phenols is 2. The molecule has 16 heteroatoms. The fourth-order valence-electron chi connectivity index (χ4n) is 2.78. The lowest BCUT2D eigenvalue weighted by Crippen LogP contribution is -2.03. The molecule has 0 unspecified atom stereocenters. The highest BCUT2D eigenvalue weighted by Gasteiger charge is 2.26. The van der Waals surface area contributed by atoms with E-state index in [-0.39, 0.29) is 5.69 Å². The van der Waals surface area contributed by atoms with Gasteiger partial charge in [-0.25, -0.2) is 0 Å². The number of azo groups is 1. The van der Waals surface area contributed by atoms with Gasteiger partial charge < -0.3 is 20.0 Å². The van der Waals surface area contributed by atoms with E-state index in [0.29, 0.717) is 12.1 Å². The first-order valence-electron chi connectivity index (χ1n) is 8.15. The van der Waals surface area contributed by atoms with E-state index in [1.54, 1.807) is 0 Å². The molecule has 0 heterocycles. The van der Waals surface area contributed by atoms with Crippen molar-refractivity contribution in [3.63, 3.8) is 0 Å². The summed E-state index contributed by atoms with van der Waals surface area (Å²) in [6, 6.07) is 6.79. The van der Waals surface area contributed by atoms with Crippen LogP contribution in [-0.2, 0) is 24.8 Å². The Balaban J connectivity index is 2.35. The largest absolute Gasteiger partial charge is 0.507 e. The SMILES string of the molecule is O=P(O)(O)c1ccccc1N=Nc1c(S(=O)(=O)O)cc2cc(S(=O)(=O)O)cc(O)c2c1O. The number of aromatic hydroxyl groups is 2. The summed E-state index contributed by atoms with van der Waals surface area (Å²) < 4.78 is 76.7. The summed E-state index contributed by atoms with van der Waals surface area (Å²) in [6.45, 7) is 0. The third kappa shape index (κ3) is 4.63. The number of hydrogen-bond acceptors (Lipinski definition) is 9. The van der Waals surface area contributed by atoms with Gasteiger partial charge in [-0.2, -0.15) is 16.8 Å². The van der Waals surface area contributed by atoms with Crippen LogP contribution in [-0.4, -0.2) is 45.9 Å². The van der Waals surface area contributed by atoms with Gasteiger partial charge in [0.15, 0.2) is 5.75 Å². The Labute approximate surface area is 180 Å². The predicted octanol–water partition coefficient (Wildman–Crippen LogP) is 1.96. The maximum absolute atomic E-state index is 11.8. The van der Waals surface area contributed by atoms with Gasteiger partial charge in [0.25, 0.3) is 20.2 Å². The molecule has 0 spiro atoms. The van der Waals surface area contributed by atoms with Crippen LogP contribution in [0.25, 0.3) is 10.8 Å². The first kappa shape index (κ1) is 23.7. The lowest BCUT2D eigenvalue weighted by atomic mass is 10.1. The molecule has 6 N–H and O–H groups in total. The molecule has 0 radical (unpaired) electrons. The van der Waals surface area contributed by atoms with Gasteiger partial charge in [-0.1, -0.05) is 12.1 Å². The Morgan fingerprint density at radius 3 is 2.03 bits per heavy atom. The van der Waals surface area contributed by atoms with Crippen molar-refractivity contribution in [1.82, 2.24) is 0 Å². The molecule has 0 fully saturated rings. The second-order valence-corrected chi connectivity index (χ2v) is 10.7. The Bertz CT molecular complexity index is 1540. The van der Waals surface area contributed by atoms with Gasteiger partial charge >= 0.3 is 7.60 Å². The van der Waals surface area contributed by atoms with Gasteiger partial charge in [0.2, 0.25) is 0 Å². The van der Waals surface area contributed by atoms with Crippen molar-refractivity contribution in [3.05, 3.63) is 42.5 Å². The van der Waals surface area contributed by atoms with E-state index in [2.05, 4.69) is 10.2 Å². The lowest BCUT2D eigenvalue weighted by Gasteiger charge is -2.11. The molecule has 13 nitrogen and oxygen atoms in total. The average molecular weight is 504 g/mol. The zero-order chi connectivity index (χ0) is 24.1. The normalized spacial score (nSPS) is 13.1. The molecular formula is C16H13N2O11PS2. The summed E-state index contributed by atoms with van der Waals surface area (Å²) in [4.78, 5) is 16.9. The first-order valence-corrected chi connectivity index (χ1v) is 12.6. The van der Waals surface area contributed by atoms with Crippen molar-refractivity contribution in [2.24, 2.45) is 10.2 Å². The maximum Gasteiger partial charge on any atom is 0.358 e. The van der Waals surface area contributed by atoms with E-state index >= 15 is 0 Å². The molecule has 0 bridgehead atoms. The van der Waals surface area contributed by atoms with Gasteiger partial charge in [-0.15, -0.1) is 10.2 Å². The van der Waals surface area contributed by atoms with Crippen LogP contribution in [0.1, 0.15) is 0 Å². The first-order chi connectivity index (χ1) is 14.6. The molecule has 32 heavy (non-hydrogen) atoms. The van der Waals surface area contributed by atoms with Gasteiger partial charge in [0.05, 0.1) is 15.6 Å². The molecule has 0 saturated carbocycles. The van der Waals surface area contributed by atoms with Crippen molar-refractivity contribution < 1.29 is 50.5 Å². The van der Waals surface area contributed by atoms with Crippen LogP contribution in [0.5, 0.6) is 11.5 Å². The zero-order valence-corrected chi connectivity index (χ0v) is 18.0. The van der Waals surface area contributed by atoms with Crippen LogP contribution in [0.3, 0.4) is 0 Å². The second kappa shape index (κ2) is 7.90. The Morgan fingerprint density at radius 2 is 1.47 bits per heavy atom. The number of fused-ring (bicyclic) bond motifs is 1. The third-order valence-corrected chi connectivity index (χ3v) is 6.84. The van der Waals surface area contributed by atoms with Gasteiger partial charge in [-0.3, -0.25) is 13.7 Å². The molecule has 0 amide bonds. The van der Waals surface area contributed by atoms with Crippen molar-refractivity contribution in [1.29, 1.82) is 0 Å². The van der Waals surface area contributed by atoms with E-state index in [4.69, 9.17) is 4.55 Å². The summed E-state index contributed by atoms with van der Waals surface area (Å²) in [6.07, 6.45) is 0. The van der Waals surface area contributed by atoms with E-state index in [9.17, 15) is 46.0 Å². The predicted molar refractivity (Wildman–Crippen MR) is 109 cm³/mol. The third-order valence-electron chi connectivity index (χ3n) is 4.13. The molecule has 0 aliphatic heterocycles. The molecular weight excluding hydrogens is 491 g/mol. The van der Waals surface area contributed by atoms with E-state index < -0.39 is 70.9 Å². The molecule has 3 aromatic carbocycles. The maximum atomic E-state index is 11.8. The smallest absolute Gasteiger partial charge is 0.358 e. The molecule has 170 valence electrons. The second-order valence-electron chi connectivity index (χ2n) is 6.30. The molecule has 0 atom stereocenters. The summed E-state index contributed by atoms with van der Waals surface area (Å²) in [5.41, 5.74) is -1.29. The highest BCUT2D eigenvalue weighted by Crippen LogP contribution is 2.46. The number of benzene rings is 3. The van der Waals surface area contributed by atoms with Crippen molar-refractivity contribution >= 4 is 55.3 Å². The highest BCUT2D eigenvalue weighted by atomic mass is 32.2. The molecule has 3 aromatic rings. The quantitative estimate of drug-likeness (QED) is 0.167. The van der Waals surface area contributed by atoms with Crippen LogP contribution in [0.2, 0.25) is 0 Å². The topological polar surface area (TPSA) is 231 Å². The molecule has 0 aromatic heterocycles. The monoisotopic (exact) mass is 504 g/mol. The van der Waals surface area contributed by atoms with Gasteiger partial charge in [0, 0.05) is 6.07 Å². The highest BCUT2D eigenvalue weighted by molar-refractivity contribution is 7.86. The van der Waals surface area contributed by atoms with Crippen molar-refractivity contribution in [3.8, 4) is 11.5 Å². The van der Waals surface area contributed by atoms with Gasteiger partial charge in [0.1, 0.15) is 22.0 Å². The molecule has 0 aliphatic rings. The minimum atomic E-state index is -5.11. The van der Waals surface area contributed by atoms with Crippen LogP contribution < -0.4 is 5.30 Å². The molecule has 0 aliphatic carbocycles.